The second-order valence-electron chi connectivity index (χ2n) is 8.57. The molecule has 2 fully saturated rings. The second kappa shape index (κ2) is 7.30. The van der Waals surface area contributed by atoms with Crippen LogP contribution in [0.15, 0.2) is 11.1 Å². The van der Waals surface area contributed by atoms with Crippen LogP contribution in [0.1, 0.15) is 48.6 Å². The van der Waals surface area contributed by atoms with Crippen molar-refractivity contribution in [2.45, 2.75) is 64.3 Å². The smallest absolute Gasteiger partial charge is 0.246 e. The summed E-state index contributed by atoms with van der Waals surface area (Å²) in [5, 5.41) is 4.30. The minimum Gasteiger partial charge on any atom is -0.332 e. The summed E-state index contributed by atoms with van der Waals surface area (Å²) < 4.78 is 32.3. The van der Waals surface area contributed by atoms with Gasteiger partial charge in [0.05, 0.1) is 11.4 Å². The van der Waals surface area contributed by atoms with Crippen LogP contribution in [-0.2, 0) is 30.0 Å². The number of hydrogen-bond donors (Lipinski definition) is 0. The molecular formula is C20H31N5O2S. The predicted octanol–water partition coefficient (Wildman–Crippen LogP) is 2.60. The highest BCUT2D eigenvalue weighted by molar-refractivity contribution is 7.89. The molecule has 0 radical (unpaired) electrons. The third-order valence-electron chi connectivity index (χ3n) is 6.27. The molecule has 1 saturated carbocycles. The predicted molar refractivity (Wildman–Crippen MR) is 108 cm³/mol. The first kappa shape index (κ1) is 19.6. The highest BCUT2D eigenvalue weighted by atomic mass is 32.2. The first-order chi connectivity index (χ1) is 13.3. The molecule has 2 aromatic heterocycles. The van der Waals surface area contributed by atoms with Gasteiger partial charge in [-0.3, -0.25) is 4.68 Å². The topological polar surface area (TPSA) is 73.0 Å². The minimum absolute atomic E-state index is 0.306. The Labute approximate surface area is 167 Å². The molecule has 154 valence electrons. The maximum Gasteiger partial charge on any atom is 0.246 e. The normalized spacial score (nSPS) is 21.4. The van der Waals surface area contributed by atoms with Gasteiger partial charge in [-0.05, 0) is 58.3 Å². The van der Waals surface area contributed by atoms with Crippen LogP contribution in [0.5, 0.6) is 0 Å². The number of piperidine rings is 1. The highest BCUT2D eigenvalue weighted by Crippen LogP contribution is 2.33. The Hall–Kier alpha value is -1.67. The molecule has 28 heavy (non-hydrogen) atoms. The minimum atomic E-state index is -3.52. The molecule has 4 rings (SSSR count). The lowest BCUT2D eigenvalue weighted by molar-refractivity contribution is 0.261. The standard InChI is InChI=1S/C20H31N5O2S/c1-14-11-21-19(25(14)13-17-7-8-17)10-18-6-5-9-24(12-18)28(26,27)20-15(2)22-23(4)16(20)3/h11,17-18H,5-10,12-13H2,1-4H3. The van der Waals surface area contributed by atoms with Gasteiger partial charge in [-0.25, -0.2) is 13.4 Å². The third kappa shape index (κ3) is 3.64. The maximum absolute atomic E-state index is 13.3. The summed E-state index contributed by atoms with van der Waals surface area (Å²) in [4.78, 5) is 5.03. The van der Waals surface area contributed by atoms with Gasteiger partial charge in [-0.1, -0.05) is 0 Å². The Morgan fingerprint density at radius 3 is 2.54 bits per heavy atom. The monoisotopic (exact) mass is 405 g/mol. The van der Waals surface area contributed by atoms with Crippen LogP contribution in [0, 0.1) is 32.6 Å². The van der Waals surface area contributed by atoms with Crippen LogP contribution >= 0.6 is 0 Å². The fraction of sp³-hybridized carbons (Fsp3) is 0.700. The number of sulfonamides is 1. The van der Waals surface area contributed by atoms with Crippen LogP contribution in [-0.4, -0.2) is 45.1 Å². The van der Waals surface area contributed by atoms with Crippen molar-refractivity contribution in [3.8, 4) is 0 Å². The fourth-order valence-corrected chi connectivity index (χ4v) is 6.36. The molecule has 0 N–H and O–H groups in total. The van der Waals surface area contributed by atoms with E-state index < -0.39 is 10.0 Å². The summed E-state index contributed by atoms with van der Waals surface area (Å²) in [5.41, 5.74) is 2.50. The van der Waals surface area contributed by atoms with Crippen molar-refractivity contribution >= 4 is 10.0 Å². The van der Waals surface area contributed by atoms with E-state index in [4.69, 9.17) is 0 Å². The van der Waals surface area contributed by atoms with E-state index in [2.05, 4.69) is 21.6 Å². The molecule has 1 aliphatic carbocycles. The molecule has 3 heterocycles. The van der Waals surface area contributed by atoms with Gasteiger partial charge in [0.1, 0.15) is 10.7 Å². The summed E-state index contributed by atoms with van der Waals surface area (Å²) in [6.45, 7) is 7.92. The number of imidazole rings is 1. The SMILES string of the molecule is Cc1nn(C)c(C)c1S(=O)(=O)N1CCCC(Cc2ncc(C)n2CC2CC2)C1. The largest absolute Gasteiger partial charge is 0.332 e. The third-order valence-corrected chi connectivity index (χ3v) is 8.39. The summed E-state index contributed by atoms with van der Waals surface area (Å²) in [6.07, 6.45) is 7.37. The summed E-state index contributed by atoms with van der Waals surface area (Å²) in [6, 6.07) is 0. The molecule has 1 atom stereocenters. The Bertz CT molecular complexity index is 971. The zero-order valence-corrected chi connectivity index (χ0v) is 18.2. The van der Waals surface area contributed by atoms with Crippen LogP contribution in [0.3, 0.4) is 0 Å². The zero-order valence-electron chi connectivity index (χ0n) is 17.3. The number of nitrogens with zero attached hydrogens (tertiary/aromatic N) is 5. The van der Waals surface area contributed by atoms with E-state index in [1.165, 1.54) is 18.5 Å². The van der Waals surface area contributed by atoms with E-state index >= 15 is 0 Å². The van der Waals surface area contributed by atoms with E-state index in [0.717, 1.165) is 37.5 Å². The van der Waals surface area contributed by atoms with Gasteiger partial charge in [-0.2, -0.15) is 9.40 Å². The summed E-state index contributed by atoms with van der Waals surface area (Å²) in [7, 11) is -1.72. The lowest BCUT2D eigenvalue weighted by Gasteiger charge is -2.32. The van der Waals surface area contributed by atoms with Crippen LogP contribution in [0.2, 0.25) is 0 Å². The van der Waals surface area contributed by atoms with Gasteiger partial charge in [0.2, 0.25) is 10.0 Å². The molecule has 0 aromatic carbocycles. The molecule has 1 saturated heterocycles. The Kier molecular flexibility index (Phi) is 5.12. The van der Waals surface area contributed by atoms with E-state index in [9.17, 15) is 8.42 Å². The Morgan fingerprint density at radius 2 is 1.89 bits per heavy atom. The maximum atomic E-state index is 13.3. The molecule has 0 bridgehead atoms. The van der Waals surface area contributed by atoms with Crippen molar-refractivity contribution in [3.05, 3.63) is 29.1 Å². The Balaban J connectivity index is 1.52. The average molecular weight is 406 g/mol. The summed E-state index contributed by atoms with van der Waals surface area (Å²) >= 11 is 0. The van der Waals surface area contributed by atoms with E-state index in [0.29, 0.717) is 35.3 Å². The van der Waals surface area contributed by atoms with E-state index in [1.807, 2.05) is 13.1 Å². The first-order valence-corrected chi connectivity index (χ1v) is 11.7. The van der Waals surface area contributed by atoms with Gasteiger partial charge >= 0.3 is 0 Å². The first-order valence-electron chi connectivity index (χ1n) is 10.3. The number of rotatable bonds is 6. The molecule has 2 aromatic rings. The van der Waals surface area contributed by atoms with Crippen LogP contribution in [0.25, 0.3) is 0 Å². The molecule has 1 unspecified atom stereocenters. The lowest BCUT2D eigenvalue weighted by atomic mass is 9.96. The molecule has 0 amide bonds. The fourth-order valence-electron chi connectivity index (χ4n) is 4.41. The van der Waals surface area contributed by atoms with E-state index in [-0.39, 0.29) is 0 Å². The molecule has 8 heteroatoms. The highest BCUT2D eigenvalue weighted by Gasteiger charge is 2.34. The second-order valence-corrected chi connectivity index (χ2v) is 10.4. The number of aromatic nitrogens is 4. The average Bonchev–Trinajstić information content (AvgIpc) is 3.35. The molecule has 0 spiro atoms. The van der Waals surface area contributed by atoms with Crippen molar-refractivity contribution < 1.29 is 8.42 Å². The number of aryl methyl sites for hydroxylation is 3. The van der Waals surface area contributed by atoms with Gasteiger partial charge in [0.15, 0.2) is 0 Å². The van der Waals surface area contributed by atoms with Crippen molar-refractivity contribution in [1.29, 1.82) is 0 Å². The van der Waals surface area contributed by atoms with Gasteiger partial charge in [-0.15, -0.1) is 0 Å². The van der Waals surface area contributed by atoms with Crippen molar-refractivity contribution in [2.75, 3.05) is 13.1 Å². The van der Waals surface area contributed by atoms with Gasteiger partial charge in [0.25, 0.3) is 0 Å². The van der Waals surface area contributed by atoms with Crippen LogP contribution < -0.4 is 0 Å². The Morgan fingerprint density at radius 1 is 1.14 bits per heavy atom. The summed E-state index contributed by atoms with van der Waals surface area (Å²) in [5.74, 6) is 2.22. The molecule has 2 aliphatic rings. The van der Waals surface area contributed by atoms with E-state index in [1.54, 1.807) is 23.0 Å². The van der Waals surface area contributed by atoms with Crippen molar-refractivity contribution in [2.24, 2.45) is 18.9 Å². The number of hydrogen-bond acceptors (Lipinski definition) is 4. The lowest BCUT2D eigenvalue weighted by Crippen LogP contribution is -2.41. The van der Waals surface area contributed by atoms with Gasteiger partial charge in [0, 0.05) is 45.0 Å². The quantitative estimate of drug-likeness (QED) is 0.740. The van der Waals surface area contributed by atoms with Gasteiger partial charge < -0.3 is 4.57 Å². The van der Waals surface area contributed by atoms with Crippen molar-refractivity contribution in [1.82, 2.24) is 23.6 Å². The molecule has 7 nitrogen and oxygen atoms in total. The van der Waals surface area contributed by atoms with Crippen LogP contribution in [0.4, 0.5) is 0 Å². The molecule has 1 aliphatic heterocycles. The van der Waals surface area contributed by atoms with Crippen molar-refractivity contribution in [3.63, 3.8) is 0 Å². The molecular weight excluding hydrogens is 374 g/mol. The zero-order chi connectivity index (χ0) is 20.1.